The van der Waals surface area contributed by atoms with Crippen LogP contribution in [0.5, 0.6) is 0 Å². The molecule has 3 nitrogen and oxygen atoms in total. The summed E-state index contributed by atoms with van der Waals surface area (Å²) in [5.74, 6) is 2.01. The highest BCUT2D eigenvalue weighted by molar-refractivity contribution is 5.94. The Kier molecular flexibility index (Phi) is 4.39. The fraction of sp³-hybridized carbons (Fsp3) is 0.500. The third-order valence-corrected chi connectivity index (χ3v) is 4.51. The van der Waals surface area contributed by atoms with E-state index >= 15 is 0 Å². The predicted octanol–water partition coefficient (Wildman–Crippen LogP) is 3.58. The zero-order chi connectivity index (χ0) is 14.7. The van der Waals surface area contributed by atoms with Gasteiger partial charge in [0, 0.05) is 31.2 Å². The maximum Gasteiger partial charge on any atom is 0.136 e. The molecule has 0 amide bonds. The summed E-state index contributed by atoms with van der Waals surface area (Å²) in [6.07, 6.45) is 4.60. The van der Waals surface area contributed by atoms with E-state index in [0.717, 1.165) is 37.9 Å². The number of pyridine rings is 1. The Balaban J connectivity index is 1.96. The van der Waals surface area contributed by atoms with E-state index < -0.39 is 0 Å². The number of nitrogens with one attached hydrogen (secondary N) is 1. The number of aromatic nitrogens is 1. The lowest BCUT2D eigenvalue weighted by Gasteiger charge is -2.32. The van der Waals surface area contributed by atoms with Crippen LogP contribution in [0.25, 0.3) is 10.8 Å². The lowest BCUT2D eigenvalue weighted by Crippen LogP contribution is -2.33. The first-order chi connectivity index (χ1) is 10.3. The SMILES string of the molecule is CCNCc1cnc(N2CCC(C)CC2)c2ccccc12. The van der Waals surface area contributed by atoms with Crippen molar-refractivity contribution in [3.05, 3.63) is 36.0 Å². The molecule has 1 aliphatic rings. The van der Waals surface area contributed by atoms with Crippen molar-refractivity contribution in [2.75, 3.05) is 24.5 Å². The molecule has 1 fully saturated rings. The number of benzene rings is 1. The van der Waals surface area contributed by atoms with Gasteiger partial charge in [0.05, 0.1) is 0 Å². The predicted molar refractivity (Wildman–Crippen MR) is 89.7 cm³/mol. The van der Waals surface area contributed by atoms with Gasteiger partial charge in [-0.25, -0.2) is 4.98 Å². The van der Waals surface area contributed by atoms with Crippen LogP contribution in [0, 0.1) is 5.92 Å². The van der Waals surface area contributed by atoms with Gasteiger partial charge in [0.15, 0.2) is 0 Å². The van der Waals surface area contributed by atoms with Gasteiger partial charge >= 0.3 is 0 Å². The van der Waals surface area contributed by atoms with Crippen LogP contribution in [0.15, 0.2) is 30.5 Å². The molecule has 0 atom stereocenters. The Hall–Kier alpha value is -1.61. The van der Waals surface area contributed by atoms with Crippen LogP contribution in [0.2, 0.25) is 0 Å². The summed E-state index contributed by atoms with van der Waals surface area (Å²) < 4.78 is 0. The van der Waals surface area contributed by atoms with Crippen LogP contribution in [0.4, 0.5) is 5.82 Å². The molecule has 1 aliphatic heterocycles. The van der Waals surface area contributed by atoms with E-state index in [-0.39, 0.29) is 0 Å². The number of hydrogen-bond acceptors (Lipinski definition) is 3. The molecular formula is C18H25N3. The Bertz CT molecular complexity index is 600. The molecule has 1 saturated heterocycles. The van der Waals surface area contributed by atoms with Crippen molar-refractivity contribution >= 4 is 16.6 Å². The molecule has 1 aromatic heterocycles. The minimum atomic E-state index is 0.848. The fourth-order valence-corrected chi connectivity index (χ4v) is 3.11. The van der Waals surface area contributed by atoms with E-state index in [9.17, 15) is 0 Å². The maximum absolute atomic E-state index is 4.79. The van der Waals surface area contributed by atoms with Crippen molar-refractivity contribution < 1.29 is 0 Å². The summed E-state index contributed by atoms with van der Waals surface area (Å²) in [5, 5.41) is 6.04. The smallest absolute Gasteiger partial charge is 0.136 e. The zero-order valence-electron chi connectivity index (χ0n) is 13.1. The van der Waals surface area contributed by atoms with Gasteiger partial charge in [-0.15, -0.1) is 0 Å². The zero-order valence-corrected chi connectivity index (χ0v) is 13.1. The number of hydrogen-bond donors (Lipinski definition) is 1. The van der Waals surface area contributed by atoms with Crippen molar-refractivity contribution in [3.8, 4) is 0 Å². The van der Waals surface area contributed by atoms with Gasteiger partial charge in [0.2, 0.25) is 0 Å². The molecule has 0 aliphatic carbocycles. The van der Waals surface area contributed by atoms with Crippen molar-refractivity contribution in [1.82, 2.24) is 10.3 Å². The normalized spacial score (nSPS) is 16.6. The minimum absolute atomic E-state index is 0.848. The molecule has 3 heteroatoms. The van der Waals surface area contributed by atoms with E-state index in [4.69, 9.17) is 4.98 Å². The average molecular weight is 283 g/mol. The van der Waals surface area contributed by atoms with Crippen molar-refractivity contribution in [3.63, 3.8) is 0 Å². The van der Waals surface area contributed by atoms with Crippen LogP contribution in [0.1, 0.15) is 32.3 Å². The van der Waals surface area contributed by atoms with Crippen LogP contribution in [0.3, 0.4) is 0 Å². The molecule has 0 unspecified atom stereocenters. The van der Waals surface area contributed by atoms with Gasteiger partial charge in [0.1, 0.15) is 5.82 Å². The second kappa shape index (κ2) is 6.44. The van der Waals surface area contributed by atoms with Gasteiger partial charge in [-0.2, -0.15) is 0 Å². The van der Waals surface area contributed by atoms with Gasteiger partial charge in [0.25, 0.3) is 0 Å². The average Bonchev–Trinajstić information content (AvgIpc) is 2.53. The molecule has 1 N–H and O–H groups in total. The quantitative estimate of drug-likeness (QED) is 0.929. The minimum Gasteiger partial charge on any atom is -0.356 e. The highest BCUT2D eigenvalue weighted by Crippen LogP contribution is 2.30. The summed E-state index contributed by atoms with van der Waals surface area (Å²) in [5.41, 5.74) is 1.29. The first-order valence-electron chi connectivity index (χ1n) is 8.12. The Morgan fingerprint density at radius 3 is 2.62 bits per heavy atom. The van der Waals surface area contributed by atoms with Crippen molar-refractivity contribution in [1.29, 1.82) is 0 Å². The molecule has 0 saturated carbocycles. The number of anilines is 1. The van der Waals surface area contributed by atoms with E-state index in [1.54, 1.807) is 0 Å². The maximum atomic E-state index is 4.79. The topological polar surface area (TPSA) is 28.2 Å². The van der Waals surface area contributed by atoms with Crippen LogP contribution in [-0.2, 0) is 6.54 Å². The van der Waals surface area contributed by atoms with Crippen molar-refractivity contribution in [2.24, 2.45) is 5.92 Å². The molecule has 0 radical (unpaired) electrons. The first-order valence-corrected chi connectivity index (χ1v) is 8.12. The summed E-state index contributed by atoms with van der Waals surface area (Å²) in [6, 6.07) is 8.68. The second-order valence-electron chi connectivity index (χ2n) is 6.10. The monoisotopic (exact) mass is 283 g/mol. The molecule has 0 bridgehead atoms. The lowest BCUT2D eigenvalue weighted by atomic mass is 9.98. The van der Waals surface area contributed by atoms with Gasteiger partial charge in [-0.1, -0.05) is 38.1 Å². The third kappa shape index (κ3) is 3.03. The van der Waals surface area contributed by atoms with Crippen LogP contribution >= 0.6 is 0 Å². The molecule has 1 aromatic carbocycles. The van der Waals surface area contributed by atoms with Gasteiger partial charge in [-0.05, 0) is 36.3 Å². The molecule has 112 valence electrons. The summed E-state index contributed by atoms with van der Waals surface area (Å²) in [6.45, 7) is 8.62. The Labute approximate surface area is 127 Å². The molecule has 2 heterocycles. The van der Waals surface area contributed by atoms with E-state index in [1.807, 2.05) is 0 Å². The fourth-order valence-electron chi connectivity index (χ4n) is 3.11. The number of fused-ring (bicyclic) bond motifs is 1. The van der Waals surface area contributed by atoms with Crippen LogP contribution in [-0.4, -0.2) is 24.6 Å². The molecule has 3 rings (SSSR count). The Morgan fingerprint density at radius 2 is 1.90 bits per heavy atom. The largest absolute Gasteiger partial charge is 0.356 e. The van der Waals surface area contributed by atoms with E-state index in [0.29, 0.717) is 0 Å². The number of nitrogens with zero attached hydrogens (tertiary/aromatic N) is 2. The summed E-state index contributed by atoms with van der Waals surface area (Å²) >= 11 is 0. The molecular weight excluding hydrogens is 258 g/mol. The van der Waals surface area contributed by atoms with Gasteiger partial charge < -0.3 is 10.2 Å². The molecule has 21 heavy (non-hydrogen) atoms. The first kappa shape index (κ1) is 14.3. The van der Waals surface area contributed by atoms with Crippen LogP contribution < -0.4 is 10.2 Å². The highest BCUT2D eigenvalue weighted by atomic mass is 15.2. The third-order valence-electron chi connectivity index (χ3n) is 4.51. The van der Waals surface area contributed by atoms with E-state index in [2.05, 4.69) is 54.5 Å². The number of rotatable bonds is 4. The van der Waals surface area contributed by atoms with Gasteiger partial charge in [-0.3, -0.25) is 0 Å². The van der Waals surface area contributed by atoms with Crippen molar-refractivity contribution in [2.45, 2.75) is 33.2 Å². The standard InChI is InChI=1S/C18H25N3/c1-3-19-12-15-13-20-18(17-7-5-4-6-16(15)17)21-10-8-14(2)9-11-21/h4-7,13-14,19H,3,8-12H2,1-2H3. The Morgan fingerprint density at radius 1 is 1.19 bits per heavy atom. The highest BCUT2D eigenvalue weighted by Gasteiger charge is 2.19. The summed E-state index contributed by atoms with van der Waals surface area (Å²) in [4.78, 5) is 7.25. The van der Waals surface area contributed by atoms with E-state index in [1.165, 1.54) is 29.2 Å². The summed E-state index contributed by atoms with van der Waals surface area (Å²) in [7, 11) is 0. The second-order valence-corrected chi connectivity index (χ2v) is 6.10. The molecule has 0 spiro atoms. The molecule has 2 aromatic rings. The number of piperidine rings is 1. The lowest BCUT2D eigenvalue weighted by molar-refractivity contribution is 0.437.